The quantitative estimate of drug-likeness (QED) is 0.808. The summed E-state index contributed by atoms with van der Waals surface area (Å²) in [7, 11) is 1.30. The van der Waals surface area contributed by atoms with Crippen LogP contribution >= 0.6 is 0 Å². The van der Waals surface area contributed by atoms with Gasteiger partial charge in [0.05, 0.1) is 18.7 Å². The first-order valence-corrected chi connectivity index (χ1v) is 6.02. The van der Waals surface area contributed by atoms with E-state index in [1.807, 2.05) is 0 Å². The maximum absolute atomic E-state index is 13.7. The summed E-state index contributed by atoms with van der Waals surface area (Å²) in [5.41, 5.74) is 0.963. The Bertz CT molecular complexity index is 644. The van der Waals surface area contributed by atoms with Crippen molar-refractivity contribution in [2.45, 2.75) is 12.8 Å². The van der Waals surface area contributed by atoms with Crippen molar-refractivity contribution in [3.8, 4) is 11.3 Å². The molecule has 20 heavy (non-hydrogen) atoms. The lowest BCUT2D eigenvalue weighted by Crippen LogP contribution is -2.11. The zero-order valence-electron chi connectivity index (χ0n) is 11.1. The van der Waals surface area contributed by atoms with Gasteiger partial charge in [-0.3, -0.25) is 9.78 Å². The molecule has 0 aliphatic rings. The van der Waals surface area contributed by atoms with E-state index in [9.17, 15) is 13.6 Å². The fourth-order valence-electron chi connectivity index (χ4n) is 1.88. The van der Waals surface area contributed by atoms with Crippen LogP contribution < -0.4 is 0 Å². The van der Waals surface area contributed by atoms with Gasteiger partial charge in [-0.1, -0.05) is 6.07 Å². The van der Waals surface area contributed by atoms with Crippen LogP contribution in [0.5, 0.6) is 0 Å². The maximum atomic E-state index is 13.7. The third-order valence-electron chi connectivity index (χ3n) is 3.07. The molecule has 2 aromatic rings. The first-order valence-electron chi connectivity index (χ1n) is 6.02. The van der Waals surface area contributed by atoms with Gasteiger partial charge in [-0.25, -0.2) is 8.78 Å². The van der Waals surface area contributed by atoms with Gasteiger partial charge in [0.2, 0.25) is 0 Å². The van der Waals surface area contributed by atoms with E-state index < -0.39 is 23.5 Å². The number of carbonyl (C=O) groups excluding carboxylic acids is 1. The molecule has 0 amide bonds. The topological polar surface area (TPSA) is 39.2 Å². The predicted octanol–water partition coefficient (Wildman–Crippen LogP) is 3.30. The van der Waals surface area contributed by atoms with Crippen molar-refractivity contribution in [2.24, 2.45) is 0 Å². The molecule has 0 radical (unpaired) electrons. The Labute approximate surface area is 115 Å². The number of halogens is 2. The second-order valence-electron chi connectivity index (χ2n) is 4.32. The summed E-state index contributed by atoms with van der Waals surface area (Å²) in [5.74, 6) is -2.79. The molecule has 0 N–H and O–H groups in total. The first-order chi connectivity index (χ1) is 9.54. The number of nitrogens with zero attached hydrogens (tertiary/aromatic N) is 1. The predicted molar refractivity (Wildman–Crippen MR) is 70.0 cm³/mol. The van der Waals surface area contributed by atoms with Crippen LogP contribution in [0.3, 0.4) is 0 Å². The second-order valence-corrected chi connectivity index (χ2v) is 4.32. The summed E-state index contributed by atoms with van der Waals surface area (Å²) in [5, 5.41) is 0. The Morgan fingerprint density at radius 2 is 2.05 bits per heavy atom. The third kappa shape index (κ3) is 2.66. The van der Waals surface area contributed by atoms with Crippen LogP contribution in [0.15, 0.2) is 36.5 Å². The Hall–Kier alpha value is -2.30. The number of pyridine rings is 1. The van der Waals surface area contributed by atoms with Gasteiger partial charge < -0.3 is 4.74 Å². The van der Waals surface area contributed by atoms with Gasteiger partial charge in [0.15, 0.2) is 11.6 Å². The highest BCUT2D eigenvalue weighted by Gasteiger charge is 2.17. The molecule has 1 heterocycles. The van der Waals surface area contributed by atoms with E-state index in [0.29, 0.717) is 5.56 Å². The van der Waals surface area contributed by atoms with Crippen molar-refractivity contribution in [3.05, 3.63) is 53.7 Å². The fraction of sp³-hybridized carbons (Fsp3) is 0.200. The smallest absolute Gasteiger partial charge is 0.312 e. The number of carbonyl (C=O) groups is 1. The summed E-state index contributed by atoms with van der Waals surface area (Å²) in [6.45, 7) is 1.67. The standard InChI is InChI=1S/C15H13F2NO2/c1-9(15(19)20-2)10-6-7-18-13(8-10)11-4-3-5-12(16)14(11)17/h3-9H,1-2H3. The van der Waals surface area contributed by atoms with Crippen LogP contribution in [0.2, 0.25) is 0 Å². The van der Waals surface area contributed by atoms with Crippen molar-refractivity contribution >= 4 is 5.97 Å². The van der Waals surface area contributed by atoms with E-state index in [1.165, 1.54) is 25.4 Å². The molecule has 104 valence electrons. The van der Waals surface area contributed by atoms with E-state index in [0.717, 1.165) is 6.07 Å². The molecule has 1 unspecified atom stereocenters. The second kappa shape index (κ2) is 5.77. The van der Waals surface area contributed by atoms with E-state index in [4.69, 9.17) is 0 Å². The Morgan fingerprint density at radius 1 is 1.30 bits per heavy atom. The summed E-state index contributed by atoms with van der Waals surface area (Å²) < 4.78 is 31.6. The molecule has 0 aliphatic carbocycles. The molecule has 1 atom stereocenters. The van der Waals surface area contributed by atoms with Crippen LogP contribution in [0, 0.1) is 11.6 Å². The summed E-state index contributed by atoms with van der Waals surface area (Å²) in [4.78, 5) is 15.5. The molecule has 0 bridgehead atoms. The lowest BCUT2D eigenvalue weighted by atomic mass is 10.00. The van der Waals surface area contributed by atoms with Crippen molar-refractivity contribution in [1.82, 2.24) is 4.98 Å². The molecule has 1 aromatic heterocycles. The minimum absolute atomic E-state index is 0.0592. The number of ether oxygens (including phenoxy) is 1. The monoisotopic (exact) mass is 277 g/mol. The molecule has 0 fully saturated rings. The average molecular weight is 277 g/mol. The number of esters is 1. The number of aromatic nitrogens is 1. The zero-order chi connectivity index (χ0) is 14.7. The first kappa shape index (κ1) is 14.1. The number of hydrogen-bond donors (Lipinski definition) is 0. The minimum Gasteiger partial charge on any atom is -0.469 e. The molecule has 5 heteroatoms. The van der Waals surface area contributed by atoms with E-state index >= 15 is 0 Å². The normalized spacial score (nSPS) is 12.0. The van der Waals surface area contributed by atoms with Gasteiger partial charge in [-0.2, -0.15) is 0 Å². The summed E-state index contributed by atoms with van der Waals surface area (Å²) in [6.07, 6.45) is 1.45. The van der Waals surface area contributed by atoms with Crippen molar-refractivity contribution in [3.63, 3.8) is 0 Å². The van der Waals surface area contributed by atoms with Crippen molar-refractivity contribution in [1.29, 1.82) is 0 Å². The lowest BCUT2D eigenvalue weighted by molar-refractivity contribution is -0.141. The SMILES string of the molecule is COC(=O)C(C)c1ccnc(-c2cccc(F)c2F)c1. The molecule has 0 spiro atoms. The number of benzene rings is 1. The molecular weight excluding hydrogens is 264 g/mol. The molecular formula is C15H13F2NO2. The highest BCUT2D eigenvalue weighted by Crippen LogP contribution is 2.25. The lowest BCUT2D eigenvalue weighted by Gasteiger charge is -2.11. The molecule has 0 aliphatic heterocycles. The Kier molecular flexibility index (Phi) is 4.08. The Balaban J connectivity index is 2.44. The molecule has 0 saturated carbocycles. The largest absolute Gasteiger partial charge is 0.469 e. The van der Waals surface area contributed by atoms with Crippen molar-refractivity contribution < 1.29 is 18.3 Å². The van der Waals surface area contributed by atoms with Gasteiger partial charge in [-0.15, -0.1) is 0 Å². The van der Waals surface area contributed by atoms with E-state index in [-0.39, 0.29) is 11.3 Å². The van der Waals surface area contributed by atoms with Gasteiger partial charge in [0.25, 0.3) is 0 Å². The van der Waals surface area contributed by atoms with Crippen LogP contribution in [-0.4, -0.2) is 18.1 Å². The van der Waals surface area contributed by atoms with Crippen LogP contribution in [-0.2, 0) is 9.53 Å². The van der Waals surface area contributed by atoms with Gasteiger partial charge in [0.1, 0.15) is 0 Å². The Morgan fingerprint density at radius 3 is 2.75 bits per heavy atom. The van der Waals surface area contributed by atoms with Crippen LogP contribution in [0.4, 0.5) is 8.78 Å². The highest BCUT2D eigenvalue weighted by molar-refractivity contribution is 5.78. The zero-order valence-corrected chi connectivity index (χ0v) is 11.1. The average Bonchev–Trinajstić information content (AvgIpc) is 2.48. The molecule has 3 nitrogen and oxygen atoms in total. The maximum Gasteiger partial charge on any atom is 0.312 e. The number of rotatable bonds is 3. The minimum atomic E-state index is -0.956. The third-order valence-corrected chi connectivity index (χ3v) is 3.07. The van der Waals surface area contributed by atoms with E-state index in [1.54, 1.807) is 19.1 Å². The fourth-order valence-corrected chi connectivity index (χ4v) is 1.88. The van der Waals surface area contributed by atoms with Gasteiger partial charge >= 0.3 is 5.97 Å². The molecule has 0 saturated heterocycles. The highest BCUT2D eigenvalue weighted by atomic mass is 19.2. The van der Waals surface area contributed by atoms with E-state index in [2.05, 4.69) is 9.72 Å². The number of methoxy groups -OCH3 is 1. The van der Waals surface area contributed by atoms with Gasteiger partial charge in [0, 0.05) is 11.8 Å². The van der Waals surface area contributed by atoms with Crippen molar-refractivity contribution in [2.75, 3.05) is 7.11 Å². The van der Waals surface area contributed by atoms with Crippen LogP contribution in [0.1, 0.15) is 18.4 Å². The summed E-state index contributed by atoms with van der Waals surface area (Å²) in [6, 6.07) is 7.08. The summed E-state index contributed by atoms with van der Waals surface area (Å²) >= 11 is 0. The van der Waals surface area contributed by atoms with Gasteiger partial charge in [-0.05, 0) is 36.8 Å². The molecule has 2 rings (SSSR count). The van der Waals surface area contributed by atoms with Crippen LogP contribution in [0.25, 0.3) is 11.3 Å². The molecule has 1 aromatic carbocycles. The number of hydrogen-bond acceptors (Lipinski definition) is 3.